The number of halogens is 2. The molecule has 0 atom stereocenters. The Balaban J connectivity index is 3.00. The van der Waals surface area contributed by atoms with Crippen LogP contribution in [0.25, 0.3) is 0 Å². The summed E-state index contributed by atoms with van der Waals surface area (Å²) in [4.78, 5) is 10.2. The van der Waals surface area contributed by atoms with Gasteiger partial charge in [0.2, 0.25) is 5.91 Å². The largest absolute Gasteiger partial charge is 0.392 e. The molecule has 40 valence electrons. The zero-order valence-electron chi connectivity index (χ0n) is 3.58. The number of hydrogen-bond acceptors (Lipinski definition) is 1. The van der Waals surface area contributed by atoms with E-state index in [0.717, 1.165) is 0 Å². The Morgan fingerprint density at radius 2 is 2.57 bits per heavy atom. The van der Waals surface area contributed by atoms with Crippen LogP contribution in [0.4, 0.5) is 0 Å². The summed E-state index contributed by atoms with van der Waals surface area (Å²) in [6.45, 7) is 0. The van der Waals surface area contributed by atoms with Crippen molar-refractivity contribution in [2.45, 2.75) is 0 Å². The highest BCUT2D eigenvalue weighted by molar-refractivity contribution is 14.1. The number of carbonyl (C=O) groups is 1. The molecule has 0 aliphatic heterocycles. The first-order valence-electron chi connectivity index (χ1n) is 1.70. The van der Waals surface area contributed by atoms with Crippen LogP contribution < -0.4 is 5.23 Å². The highest BCUT2D eigenvalue weighted by Crippen LogP contribution is 1.77. The molecular formula is C2H4BBrINO. The molecule has 0 unspecified atom stereocenters. The Bertz CT molecular complexity index is 70.7. The molecule has 5 heteroatoms. The van der Waals surface area contributed by atoms with Gasteiger partial charge in [-0.25, -0.2) is 0 Å². The van der Waals surface area contributed by atoms with Crippen LogP contribution in [0.3, 0.4) is 0 Å². The average molecular weight is 276 g/mol. The van der Waals surface area contributed by atoms with Crippen LogP contribution in [0.5, 0.6) is 0 Å². The van der Waals surface area contributed by atoms with Crippen molar-refractivity contribution in [1.82, 2.24) is 5.23 Å². The summed E-state index contributed by atoms with van der Waals surface area (Å²) in [6.07, 6.45) is 0. The molecule has 0 rings (SSSR count). The van der Waals surface area contributed by atoms with Gasteiger partial charge in [-0.2, -0.15) is 0 Å². The molecule has 7 heavy (non-hydrogen) atoms. The Hall–Kier alpha value is 0.745. The third-order valence-corrected chi connectivity index (χ3v) is 1.28. The topological polar surface area (TPSA) is 29.1 Å². The second-order valence-corrected chi connectivity index (χ2v) is 2.19. The molecule has 1 amide bonds. The van der Waals surface area contributed by atoms with Crippen molar-refractivity contribution in [1.29, 1.82) is 0 Å². The standard InChI is InChI=1S/C2H4BBrINO/c4-1-2(7)6-3-5/h3H,1H2,(H,6,7). The van der Waals surface area contributed by atoms with E-state index in [-0.39, 0.29) is 5.91 Å². The minimum atomic E-state index is 0.0365. The molecule has 1 N–H and O–H groups in total. The van der Waals surface area contributed by atoms with Gasteiger partial charge in [0.1, 0.15) is 0 Å². The maximum atomic E-state index is 10.2. The minimum Gasteiger partial charge on any atom is -0.392 e. The number of alkyl halides is 1. The lowest BCUT2D eigenvalue weighted by molar-refractivity contribution is -0.116. The Kier molecular flexibility index (Phi) is 5.41. The van der Waals surface area contributed by atoms with E-state index < -0.39 is 0 Å². The number of rotatable bonds is 2. The number of nitrogens with one attached hydrogen (secondary N) is 1. The van der Waals surface area contributed by atoms with Crippen molar-refractivity contribution in [2.75, 3.05) is 5.33 Å². The molecule has 0 aromatic heterocycles. The summed E-state index contributed by atoms with van der Waals surface area (Å²) >= 11 is 5.07. The molecule has 0 spiro atoms. The predicted molar refractivity (Wildman–Crippen MR) is 43.1 cm³/mol. The Morgan fingerprint density at radius 1 is 2.00 bits per heavy atom. The third kappa shape index (κ3) is 4.60. The van der Waals surface area contributed by atoms with Gasteiger partial charge in [-0.3, -0.25) is 4.79 Å². The van der Waals surface area contributed by atoms with Gasteiger partial charge >= 0.3 is 5.27 Å². The van der Waals surface area contributed by atoms with E-state index in [0.29, 0.717) is 10.6 Å². The molecule has 0 aliphatic rings. The minimum absolute atomic E-state index is 0.0365. The van der Waals surface area contributed by atoms with Crippen LogP contribution in [-0.2, 0) is 4.79 Å². The van der Waals surface area contributed by atoms with E-state index in [1.807, 2.05) is 0 Å². The van der Waals surface area contributed by atoms with Crippen LogP contribution in [0.2, 0.25) is 0 Å². The Labute approximate surface area is 64.7 Å². The molecule has 2 nitrogen and oxygen atoms in total. The molecule has 0 aromatic rings. The number of carbonyl (C=O) groups excluding carboxylic acids is 1. The zero-order chi connectivity index (χ0) is 5.70. The lowest BCUT2D eigenvalue weighted by atomic mass is 10.4. The SMILES string of the molecule is O=C(CBr)NBI. The van der Waals surface area contributed by atoms with Gasteiger partial charge in [-0.1, -0.05) is 15.9 Å². The van der Waals surface area contributed by atoms with Crippen LogP contribution in [0, 0.1) is 0 Å². The second kappa shape index (κ2) is 4.89. The summed E-state index contributed by atoms with van der Waals surface area (Å²) in [5, 5.41) is 3.68. The van der Waals surface area contributed by atoms with Crippen molar-refractivity contribution in [3.8, 4) is 0 Å². The third-order valence-electron chi connectivity index (χ3n) is 0.385. The van der Waals surface area contributed by atoms with Crippen molar-refractivity contribution in [3.63, 3.8) is 0 Å². The average Bonchev–Trinajstić information content (AvgIpc) is 1.68. The molecule has 0 radical (unpaired) electrons. The molecule has 0 aliphatic carbocycles. The summed E-state index contributed by atoms with van der Waals surface area (Å²) in [5.74, 6) is 0.0365. The van der Waals surface area contributed by atoms with Crippen molar-refractivity contribution in [3.05, 3.63) is 0 Å². The lowest BCUT2D eigenvalue weighted by Gasteiger charge is -1.90. The van der Waals surface area contributed by atoms with Crippen LogP contribution in [-0.4, -0.2) is 16.5 Å². The van der Waals surface area contributed by atoms with Gasteiger partial charge in [0.25, 0.3) is 0 Å². The summed E-state index contributed by atoms with van der Waals surface area (Å²) in [5.41, 5.74) is 0. The van der Waals surface area contributed by atoms with Crippen LogP contribution in [0.1, 0.15) is 0 Å². The quantitative estimate of drug-likeness (QED) is 0.435. The second-order valence-electron chi connectivity index (χ2n) is 0.867. The Morgan fingerprint density at radius 3 is 2.71 bits per heavy atom. The predicted octanol–water partition coefficient (Wildman–Crippen LogP) is 0.199. The van der Waals surface area contributed by atoms with Gasteiger partial charge in [0.05, 0.1) is 5.33 Å². The van der Waals surface area contributed by atoms with Crippen molar-refractivity contribution in [2.24, 2.45) is 0 Å². The molecular weight excluding hydrogens is 272 g/mol. The van der Waals surface area contributed by atoms with Gasteiger partial charge < -0.3 is 5.23 Å². The fourth-order valence-corrected chi connectivity index (χ4v) is 0.745. The summed E-state index contributed by atoms with van der Waals surface area (Å²) in [7, 11) is 0. The summed E-state index contributed by atoms with van der Waals surface area (Å²) in [6, 6.07) is 0. The van der Waals surface area contributed by atoms with E-state index in [4.69, 9.17) is 0 Å². The maximum absolute atomic E-state index is 10.2. The highest BCUT2D eigenvalue weighted by Gasteiger charge is 1.91. The van der Waals surface area contributed by atoms with E-state index in [1.165, 1.54) is 0 Å². The van der Waals surface area contributed by atoms with Crippen LogP contribution >= 0.6 is 38.3 Å². The maximum Gasteiger partial charge on any atom is 0.309 e. The van der Waals surface area contributed by atoms with Gasteiger partial charge in [-0.15, -0.1) is 22.4 Å². The summed E-state index contributed by atoms with van der Waals surface area (Å²) < 4.78 is 0. The van der Waals surface area contributed by atoms with Gasteiger partial charge in [0, 0.05) is 0 Å². The molecule has 0 saturated heterocycles. The van der Waals surface area contributed by atoms with E-state index in [9.17, 15) is 4.79 Å². The first-order valence-corrected chi connectivity index (χ1v) is 4.34. The normalized spacial score (nSPS) is 7.71. The first kappa shape index (κ1) is 7.74. The highest BCUT2D eigenvalue weighted by atomic mass is 127. The van der Waals surface area contributed by atoms with Gasteiger partial charge in [0.15, 0.2) is 0 Å². The molecule has 0 fully saturated rings. The lowest BCUT2D eigenvalue weighted by Crippen LogP contribution is -2.24. The van der Waals surface area contributed by atoms with Crippen molar-refractivity contribution < 1.29 is 4.79 Å². The fraction of sp³-hybridized carbons (Fsp3) is 0.500. The number of amides is 1. The monoisotopic (exact) mass is 275 g/mol. The van der Waals surface area contributed by atoms with Gasteiger partial charge in [-0.05, 0) is 0 Å². The smallest absolute Gasteiger partial charge is 0.309 e. The van der Waals surface area contributed by atoms with Crippen LogP contribution in [0.15, 0.2) is 0 Å². The van der Waals surface area contributed by atoms with E-state index in [1.54, 1.807) is 0 Å². The zero-order valence-corrected chi connectivity index (χ0v) is 7.32. The number of hydrogen-bond donors (Lipinski definition) is 1. The molecule has 0 heterocycles. The van der Waals surface area contributed by atoms with Crippen molar-refractivity contribution >= 4 is 49.5 Å². The molecule has 0 saturated carbocycles. The first-order chi connectivity index (χ1) is 3.31. The molecule has 0 aromatic carbocycles. The molecule has 0 bridgehead atoms. The van der Waals surface area contributed by atoms with E-state index >= 15 is 0 Å². The van der Waals surface area contributed by atoms with E-state index in [2.05, 4.69) is 43.5 Å². The fourth-order valence-electron chi connectivity index (χ4n) is 0.122.